The number of ether oxygens (including phenoxy) is 1. The predicted molar refractivity (Wildman–Crippen MR) is 55.9 cm³/mol. The first-order valence-electron chi connectivity index (χ1n) is 5.56. The maximum atomic E-state index is 11.5. The van der Waals surface area contributed by atoms with Crippen molar-refractivity contribution in [3.05, 3.63) is 11.7 Å². The molecule has 5 heteroatoms. The highest BCUT2D eigenvalue weighted by molar-refractivity contribution is 5.84. The zero-order valence-electron chi connectivity index (χ0n) is 9.60. The molecule has 5 nitrogen and oxygen atoms in total. The van der Waals surface area contributed by atoms with E-state index in [1.54, 1.807) is 7.11 Å². The molecule has 0 radical (unpaired) electrons. The van der Waals surface area contributed by atoms with Crippen LogP contribution in [0.25, 0.3) is 0 Å². The number of carbonyl (C=O) groups is 1. The van der Waals surface area contributed by atoms with E-state index in [2.05, 4.69) is 10.1 Å². The van der Waals surface area contributed by atoms with Crippen LogP contribution in [0.4, 0.5) is 0 Å². The third kappa shape index (κ3) is 2.88. The second-order valence-corrected chi connectivity index (χ2v) is 4.27. The summed E-state index contributed by atoms with van der Waals surface area (Å²) in [7, 11) is 1.64. The smallest absolute Gasteiger partial charge is 0.234 e. The fourth-order valence-electron chi connectivity index (χ4n) is 1.48. The summed E-state index contributed by atoms with van der Waals surface area (Å²) >= 11 is 0. The number of methoxy groups -OCH3 is 1. The van der Waals surface area contributed by atoms with E-state index in [9.17, 15) is 4.79 Å². The van der Waals surface area contributed by atoms with Crippen molar-refractivity contribution in [1.82, 2.24) is 10.1 Å². The minimum atomic E-state index is 0.0598. The highest BCUT2D eigenvalue weighted by Crippen LogP contribution is 2.30. The van der Waals surface area contributed by atoms with Crippen molar-refractivity contribution in [3.63, 3.8) is 0 Å². The van der Waals surface area contributed by atoms with Crippen LogP contribution in [0.3, 0.4) is 0 Å². The minimum Gasteiger partial charge on any atom is -0.381 e. The van der Waals surface area contributed by atoms with E-state index in [1.807, 2.05) is 6.92 Å². The number of carbonyl (C=O) groups excluding carboxylic acids is 1. The highest BCUT2D eigenvalue weighted by Gasteiger charge is 2.30. The fraction of sp³-hybridized carbons (Fsp3) is 0.727. The monoisotopic (exact) mass is 224 g/mol. The zero-order chi connectivity index (χ0) is 11.5. The van der Waals surface area contributed by atoms with Crippen molar-refractivity contribution in [2.75, 3.05) is 7.11 Å². The van der Waals surface area contributed by atoms with Crippen molar-refractivity contribution in [3.8, 4) is 0 Å². The highest BCUT2D eigenvalue weighted by atomic mass is 16.5. The Morgan fingerprint density at radius 2 is 2.38 bits per heavy atom. The largest absolute Gasteiger partial charge is 0.381 e. The van der Waals surface area contributed by atoms with Gasteiger partial charge < -0.3 is 9.26 Å². The van der Waals surface area contributed by atoms with Crippen molar-refractivity contribution in [1.29, 1.82) is 0 Å². The molecule has 1 heterocycles. The van der Waals surface area contributed by atoms with Crippen LogP contribution in [0.5, 0.6) is 0 Å². The Hall–Kier alpha value is -1.23. The third-order valence-electron chi connectivity index (χ3n) is 2.74. The molecule has 1 aromatic rings. The van der Waals surface area contributed by atoms with Crippen LogP contribution in [0.2, 0.25) is 0 Å². The average Bonchev–Trinajstić information content (AvgIpc) is 3.03. The van der Waals surface area contributed by atoms with Gasteiger partial charge in [-0.05, 0) is 19.8 Å². The molecular formula is C11H16N2O3. The maximum Gasteiger partial charge on any atom is 0.234 e. The van der Waals surface area contributed by atoms with Crippen LogP contribution in [-0.4, -0.2) is 29.1 Å². The Kier molecular flexibility index (Phi) is 3.33. The third-order valence-corrected chi connectivity index (χ3v) is 2.74. The molecule has 0 N–H and O–H groups in total. The SMILES string of the molecule is COC(C)Cc1noc(CC(=O)C2CC2)n1. The lowest BCUT2D eigenvalue weighted by Gasteiger charge is -2.03. The molecule has 0 bridgehead atoms. The van der Waals surface area contributed by atoms with Gasteiger partial charge in [0.2, 0.25) is 5.89 Å². The van der Waals surface area contributed by atoms with Crippen LogP contribution < -0.4 is 0 Å². The van der Waals surface area contributed by atoms with E-state index in [1.165, 1.54) is 0 Å². The topological polar surface area (TPSA) is 65.2 Å². The Bertz CT molecular complexity index is 371. The van der Waals surface area contributed by atoms with Gasteiger partial charge in [-0.1, -0.05) is 5.16 Å². The van der Waals surface area contributed by atoms with Crippen LogP contribution in [-0.2, 0) is 22.4 Å². The average molecular weight is 224 g/mol. The number of aromatic nitrogens is 2. The second kappa shape index (κ2) is 4.74. The number of nitrogens with zero attached hydrogens (tertiary/aromatic N) is 2. The molecule has 1 aromatic heterocycles. The summed E-state index contributed by atoms with van der Waals surface area (Å²) in [5.41, 5.74) is 0. The molecule has 1 aliphatic carbocycles. The normalized spacial score (nSPS) is 17.4. The Labute approximate surface area is 94.2 Å². The molecule has 88 valence electrons. The summed E-state index contributed by atoms with van der Waals surface area (Å²) in [6, 6.07) is 0. The summed E-state index contributed by atoms with van der Waals surface area (Å²) in [5, 5.41) is 3.82. The molecule has 0 saturated heterocycles. The lowest BCUT2D eigenvalue weighted by Crippen LogP contribution is -2.10. The van der Waals surface area contributed by atoms with E-state index in [0.29, 0.717) is 18.1 Å². The van der Waals surface area contributed by atoms with Gasteiger partial charge in [0.1, 0.15) is 5.78 Å². The quantitative estimate of drug-likeness (QED) is 0.725. The molecule has 1 atom stereocenters. The number of rotatable bonds is 6. The number of Topliss-reactive ketones (excluding diaryl/α,β-unsaturated/α-hetero) is 1. The van der Waals surface area contributed by atoms with E-state index < -0.39 is 0 Å². The van der Waals surface area contributed by atoms with Gasteiger partial charge >= 0.3 is 0 Å². The molecule has 2 rings (SSSR count). The van der Waals surface area contributed by atoms with Gasteiger partial charge in [-0.25, -0.2) is 0 Å². The van der Waals surface area contributed by atoms with E-state index in [-0.39, 0.29) is 24.2 Å². The molecule has 0 aromatic carbocycles. The van der Waals surface area contributed by atoms with Crippen molar-refractivity contribution < 1.29 is 14.1 Å². The van der Waals surface area contributed by atoms with Crippen molar-refractivity contribution >= 4 is 5.78 Å². The van der Waals surface area contributed by atoms with Crippen LogP contribution in [0.1, 0.15) is 31.5 Å². The molecule has 0 spiro atoms. The molecule has 0 aliphatic heterocycles. The standard InChI is InChI=1S/C11H16N2O3/c1-7(15-2)5-10-12-11(16-13-10)6-9(14)8-3-4-8/h7-8H,3-6H2,1-2H3. The number of hydrogen-bond donors (Lipinski definition) is 0. The van der Waals surface area contributed by atoms with Gasteiger partial charge in [0, 0.05) is 19.4 Å². The molecule has 16 heavy (non-hydrogen) atoms. The summed E-state index contributed by atoms with van der Waals surface area (Å²) in [6.07, 6.45) is 2.97. The van der Waals surface area contributed by atoms with Gasteiger partial charge in [0.25, 0.3) is 0 Å². The second-order valence-electron chi connectivity index (χ2n) is 4.27. The predicted octanol–water partition coefficient (Wildman–Crippen LogP) is 1.17. The lowest BCUT2D eigenvalue weighted by molar-refractivity contribution is -0.119. The maximum absolute atomic E-state index is 11.5. The summed E-state index contributed by atoms with van der Waals surface area (Å²) in [6.45, 7) is 1.94. The summed E-state index contributed by atoms with van der Waals surface area (Å²) in [5.74, 6) is 1.49. The molecule has 1 aliphatic rings. The minimum absolute atomic E-state index is 0.0598. The molecule has 0 amide bonds. The Morgan fingerprint density at radius 1 is 1.62 bits per heavy atom. The van der Waals surface area contributed by atoms with Crippen molar-refractivity contribution in [2.45, 2.75) is 38.7 Å². The van der Waals surface area contributed by atoms with Gasteiger partial charge in [0.05, 0.1) is 12.5 Å². The molecule has 1 unspecified atom stereocenters. The van der Waals surface area contributed by atoms with E-state index in [4.69, 9.17) is 9.26 Å². The zero-order valence-corrected chi connectivity index (χ0v) is 9.60. The summed E-state index contributed by atoms with van der Waals surface area (Å²) in [4.78, 5) is 15.7. The molecule has 1 fully saturated rings. The van der Waals surface area contributed by atoms with Crippen LogP contribution >= 0.6 is 0 Å². The Balaban J connectivity index is 1.88. The number of ketones is 1. The summed E-state index contributed by atoms with van der Waals surface area (Å²) < 4.78 is 10.1. The van der Waals surface area contributed by atoms with Crippen LogP contribution in [0, 0.1) is 5.92 Å². The molecular weight excluding hydrogens is 208 g/mol. The van der Waals surface area contributed by atoms with E-state index in [0.717, 1.165) is 12.8 Å². The van der Waals surface area contributed by atoms with Gasteiger partial charge in [-0.3, -0.25) is 4.79 Å². The fourth-order valence-corrected chi connectivity index (χ4v) is 1.48. The van der Waals surface area contributed by atoms with Gasteiger partial charge in [0.15, 0.2) is 5.82 Å². The first-order chi connectivity index (χ1) is 7.69. The van der Waals surface area contributed by atoms with E-state index >= 15 is 0 Å². The van der Waals surface area contributed by atoms with Crippen LogP contribution in [0.15, 0.2) is 4.52 Å². The van der Waals surface area contributed by atoms with Crippen molar-refractivity contribution in [2.24, 2.45) is 5.92 Å². The first-order valence-corrected chi connectivity index (χ1v) is 5.56. The Morgan fingerprint density at radius 3 is 3.00 bits per heavy atom. The van der Waals surface area contributed by atoms with Gasteiger partial charge in [-0.15, -0.1) is 0 Å². The van der Waals surface area contributed by atoms with Gasteiger partial charge in [-0.2, -0.15) is 4.98 Å². The first kappa shape index (κ1) is 11.3. The lowest BCUT2D eigenvalue weighted by atomic mass is 10.2. The molecule has 1 saturated carbocycles. The number of hydrogen-bond acceptors (Lipinski definition) is 5.